The molecule has 18 heavy (non-hydrogen) atoms. The zero-order valence-corrected chi connectivity index (χ0v) is 11.1. The van der Waals surface area contributed by atoms with Crippen LogP contribution in [-0.2, 0) is 10.0 Å². The molecule has 5 nitrogen and oxygen atoms in total. The number of nitrogens with two attached hydrogens (primary N) is 1. The van der Waals surface area contributed by atoms with Gasteiger partial charge in [0.2, 0.25) is 10.0 Å². The van der Waals surface area contributed by atoms with E-state index in [4.69, 9.17) is 5.73 Å². The van der Waals surface area contributed by atoms with Crippen LogP contribution in [0, 0.1) is 6.92 Å². The van der Waals surface area contributed by atoms with E-state index in [0.29, 0.717) is 24.1 Å². The van der Waals surface area contributed by atoms with Crippen molar-refractivity contribution in [2.24, 2.45) is 0 Å². The molecule has 1 aromatic carbocycles. The van der Waals surface area contributed by atoms with Gasteiger partial charge in [0.15, 0.2) is 0 Å². The van der Waals surface area contributed by atoms with Crippen LogP contribution in [-0.4, -0.2) is 25.7 Å². The Kier molecular flexibility index (Phi) is 3.35. The number of benzene rings is 1. The minimum Gasteiger partial charge on any atom is -0.399 e. The maximum Gasteiger partial charge on any atom is 0.241 e. The molecule has 6 heteroatoms. The van der Waals surface area contributed by atoms with Gasteiger partial charge in [-0.15, -0.1) is 0 Å². The molecule has 0 spiro atoms. The minimum atomic E-state index is -3.63. The van der Waals surface area contributed by atoms with E-state index in [1.54, 1.807) is 19.1 Å². The molecule has 0 bridgehead atoms. The minimum absolute atomic E-state index is 0.173. The molecule has 0 unspecified atom stereocenters. The van der Waals surface area contributed by atoms with Gasteiger partial charge >= 0.3 is 0 Å². The Morgan fingerprint density at radius 1 is 1.44 bits per heavy atom. The molecule has 1 aliphatic rings. The zero-order valence-electron chi connectivity index (χ0n) is 10.3. The Morgan fingerprint density at radius 3 is 2.61 bits per heavy atom. The molecule has 0 aromatic heterocycles. The second kappa shape index (κ2) is 4.53. The van der Waals surface area contributed by atoms with E-state index in [0.717, 1.165) is 6.42 Å². The molecule has 0 aliphatic heterocycles. The molecule has 0 atom stereocenters. The molecule has 1 fully saturated rings. The van der Waals surface area contributed by atoms with Crippen LogP contribution in [0.4, 0.5) is 5.69 Å². The Balaban J connectivity index is 2.33. The first-order valence-corrected chi connectivity index (χ1v) is 7.38. The highest BCUT2D eigenvalue weighted by Gasteiger charge is 2.40. The maximum absolute atomic E-state index is 12.3. The van der Waals surface area contributed by atoms with Crippen molar-refractivity contribution >= 4 is 15.7 Å². The summed E-state index contributed by atoms with van der Waals surface area (Å²) in [5.74, 6) is 0. The smallest absolute Gasteiger partial charge is 0.241 e. The summed E-state index contributed by atoms with van der Waals surface area (Å²) in [5.41, 5.74) is 5.99. The first-order valence-electron chi connectivity index (χ1n) is 5.90. The monoisotopic (exact) mass is 270 g/mol. The first kappa shape index (κ1) is 13.3. The molecular weight excluding hydrogens is 252 g/mol. The average Bonchev–Trinajstić information content (AvgIpc) is 2.27. The molecule has 0 saturated heterocycles. The van der Waals surface area contributed by atoms with E-state index in [2.05, 4.69) is 4.72 Å². The standard InChI is InChI=1S/C12H18N2O3S/c1-9-3-4-10(13)7-11(9)18(16,17)14-12(8-15)5-2-6-12/h3-4,7,14-15H,2,5-6,8,13H2,1H3. The lowest BCUT2D eigenvalue weighted by molar-refractivity contribution is 0.110. The summed E-state index contributed by atoms with van der Waals surface area (Å²) >= 11 is 0. The Morgan fingerprint density at radius 2 is 2.11 bits per heavy atom. The molecule has 1 aromatic rings. The number of sulfonamides is 1. The van der Waals surface area contributed by atoms with E-state index in [1.807, 2.05) is 0 Å². The average molecular weight is 270 g/mol. The van der Waals surface area contributed by atoms with Crippen LogP contribution in [0.3, 0.4) is 0 Å². The molecule has 0 heterocycles. The SMILES string of the molecule is Cc1ccc(N)cc1S(=O)(=O)NC1(CO)CCC1. The third kappa shape index (κ3) is 2.36. The topological polar surface area (TPSA) is 92.4 Å². The van der Waals surface area contributed by atoms with Crippen molar-refractivity contribution in [3.8, 4) is 0 Å². The number of nitrogen functional groups attached to an aromatic ring is 1. The number of hydrogen-bond donors (Lipinski definition) is 3. The van der Waals surface area contributed by atoms with Gasteiger partial charge in [-0.3, -0.25) is 0 Å². The molecule has 1 saturated carbocycles. The van der Waals surface area contributed by atoms with E-state index < -0.39 is 15.6 Å². The van der Waals surface area contributed by atoms with Crippen LogP contribution in [0.2, 0.25) is 0 Å². The van der Waals surface area contributed by atoms with Gasteiger partial charge in [-0.05, 0) is 43.9 Å². The lowest BCUT2D eigenvalue weighted by Crippen LogP contribution is -2.56. The fourth-order valence-electron chi connectivity index (χ4n) is 2.14. The van der Waals surface area contributed by atoms with Gasteiger partial charge in [0.05, 0.1) is 17.0 Å². The number of hydrogen-bond acceptors (Lipinski definition) is 4. The van der Waals surface area contributed by atoms with Crippen LogP contribution in [0.25, 0.3) is 0 Å². The Bertz CT molecular complexity index is 545. The fraction of sp³-hybridized carbons (Fsp3) is 0.500. The van der Waals surface area contributed by atoms with Crippen LogP contribution in [0.1, 0.15) is 24.8 Å². The maximum atomic E-state index is 12.3. The van der Waals surface area contributed by atoms with Crippen molar-refractivity contribution in [3.05, 3.63) is 23.8 Å². The predicted molar refractivity (Wildman–Crippen MR) is 69.6 cm³/mol. The van der Waals surface area contributed by atoms with Crippen LogP contribution >= 0.6 is 0 Å². The van der Waals surface area contributed by atoms with Crippen molar-refractivity contribution < 1.29 is 13.5 Å². The number of aryl methyl sites for hydroxylation is 1. The zero-order chi connectivity index (χ0) is 13.4. The summed E-state index contributed by atoms with van der Waals surface area (Å²) < 4.78 is 27.2. The summed E-state index contributed by atoms with van der Waals surface area (Å²) in [4.78, 5) is 0.183. The predicted octanol–water partition coefficient (Wildman–Crippen LogP) is 0.771. The van der Waals surface area contributed by atoms with Crippen molar-refractivity contribution in [2.45, 2.75) is 36.6 Å². The van der Waals surface area contributed by atoms with E-state index >= 15 is 0 Å². The highest BCUT2D eigenvalue weighted by atomic mass is 32.2. The lowest BCUT2D eigenvalue weighted by atomic mass is 9.78. The molecule has 0 amide bonds. The fourth-order valence-corrected chi connectivity index (χ4v) is 3.87. The van der Waals surface area contributed by atoms with Gasteiger partial charge in [0, 0.05) is 5.69 Å². The summed E-state index contributed by atoms with van der Waals surface area (Å²) in [6.45, 7) is 1.55. The molecule has 2 rings (SSSR count). The molecule has 4 N–H and O–H groups in total. The molecule has 100 valence electrons. The Labute approximate surface area is 107 Å². The van der Waals surface area contributed by atoms with Gasteiger partial charge in [0.25, 0.3) is 0 Å². The summed E-state index contributed by atoms with van der Waals surface area (Å²) in [6, 6.07) is 4.79. The van der Waals surface area contributed by atoms with Crippen LogP contribution in [0.5, 0.6) is 0 Å². The number of aliphatic hydroxyl groups excluding tert-OH is 1. The second-order valence-electron chi connectivity index (χ2n) is 4.92. The summed E-state index contributed by atoms with van der Waals surface area (Å²) in [5, 5.41) is 9.32. The summed E-state index contributed by atoms with van der Waals surface area (Å²) in [7, 11) is -3.63. The third-order valence-electron chi connectivity index (χ3n) is 3.47. The molecule has 0 radical (unpaired) electrons. The normalized spacial score (nSPS) is 18.3. The van der Waals surface area contributed by atoms with E-state index in [-0.39, 0.29) is 11.5 Å². The van der Waals surface area contributed by atoms with E-state index in [1.165, 1.54) is 6.07 Å². The van der Waals surface area contributed by atoms with Crippen molar-refractivity contribution in [1.82, 2.24) is 4.72 Å². The van der Waals surface area contributed by atoms with Gasteiger partial charge in [0.1, 0.15) is 0 Å². The number of aliphatic hydroxyl groups is 1. The van der Waals surface area contributed by atoms with Crippen LogP contribution in [0.15, 0.2) is 23.1 Å². The highest BCUT2D eigenvalue weighted by molar-refractivity contribution is 7.89. The van der Waals surface area contributed by atoms with Gasteiger partial charge in [-0.1, -0.05) is 6.07 Å². The Hall–Kier alpha value is -1.11. The van der Waals surface area contributed by atoms with Gasteiger partial charge < -0.3 is 10.8 Å². The lowest BCUT2D eigenvalue weighted by Gasteiger charge is -2.40. The third-order valence-corrected chi connectivity index (χ3v) is 5.19. The van der Waals surface area contributed by atoms with E-state index in [9.17, 15) is 13.5 Å². The van der Waals surface area contributed by atoms with Crippen LogP contribution < -0.4 is 10.5 Å². The largest absolute Gasteiger partial charge is 0.399 e. The quantitative estimate of drug-likeness (QED) is 0.705. The van der Waals surface area contributed by atoms with Crippen molar-refractivity contribution in [2.75, 3.05) is 12.3 Å². The number of rotatable bonds is 4. The summed E-state index contributed by atoms with van der Waals surface area (Å²) in [6.07, 6.45) is 2.27. The molecule has 1 aliphatic carbocycles. The second-order valence-corrected chi connectivity index (χ2v) is 6.57. The number of nitrogens with one attached hydrogen (secondary N) is 1. The molecular formula is C12H18N2O3S. The van der Waals surface area contributed by atoms with Crippen molar-refractivity contribution in [3.63, 3.8) is 0 Å². The first-order chi connectivity index (χ1) is 8.38. The van der Waals surface area contributed by atoms with Gasteiger partial charge in [-0.25, -0.2) is 13.1 Å². The number of anilines is 1. The van der Waals surface area contributed by atoms with Gasteiger partial charge in [-0.2, -0.15) is 0 Å². The highest BCUT2D eigenvalue weighted by Crippen LogP contribution is 2.33. The van der Waals surface area contributed by atoms with Crippen molar-refractivity contribution in [1.29, 1.82) is 0 Å².